The van der Waals surface area contributed by atoms with Crippen molar-refractivity contribution in [1.29, 1.82) is 0 Å². The van der Waals surface area contributed by atoms with Crippen LogP contribution in [-0.2, 0) is 4.79 Å². The highest BCUT2D eigenvalue weighted by Crippen LogP contribution is 2.18. The zero-order valence-electron chi connectivity index (χ0n) is 11.7. The molecule has 0 aliphatic heterocycles. The van der Waals surface area contributed by atoms with Crippen molar-refractivity contribution in [2.24, 2.45) is 5.92 Å². The molecule has 0 radical (unpaired) electrons. The van der Waals surface area contributed by atoms with Gasteiger partial charge < -0.3 is 10.1 Å². The highest BCUT2D eigenvalue weighted by molar-refractivity contribution is 5.77. The first-order chi connectivity index (χ1) is 8.50. The molecule has 3 heteroatoms. The molecule has 0 heterocycles. The van der Waals surface area contributed by atoms with Crippen molar-refractivity contribution < 1.29 is 9.53 Å². The lowest BCUT2D eigenvalue weighted by atomic mass is 10.0. The largest absolute Gasteiger partial charge is 0.492 e. The molecule has 100 valence electrons. The van der Waals surface area contributed by atoms with Crippen LogP contribution in [0.2, 0.25) is 0 Å². The van der Waals surface area contributed by atoms with E-state index in [1.54, 1.807) is 0 Å². The Morgan fingerprint density at radius 2 is 1.78 bits per heavy atom. The van der Waals surface area contributed by atoms with Crippen molar-refractivity contribution in [2.45, 2.75) is 33.6 Å². The fourth-order valence-electron chi connectivity index (χ4n) is 1.50. The van der Waals surface area contributed by atoms with Gasteiger partial charge in [-0.2, -0.15) is 0 Å². The number of rotatable bonds is 6. The van der Waals surface area contributed by atoms with Crippen LogP contribution in [-0.4, -0.2) is 19.1 Å². The molecular formula is C15H23NO2. The molecule has 0 spiro atoms. The summed E-state index contributed by atoms with van der Waals surface area (Å²) in [6.07, 6.45) is 0. The van der Waals surface area contributed by atoms with Gasteiger partial charge in [-0.1, -0.05) is 39.8 Å². The van der Waals surface area contributed by atoms with Crippen LogP contribution in [0.3, 0.4) is 0 Å². The summed E-state index contributed by atoms with van der Waals surface area (Å²) in [5, 5.41) is 2.82. The molecule has 1 aromatic rings. The van der Waals surface area contributed by atoms with Gasteiger partial charge in [-0.15, -0.1) is 0 Å². The van der Waals surface area contributed by atoms with E-state index in [2.05, 4.69) is 31.3 Å². The molecule has 1 amide bonds. The number of carbonyl (C=O) groups is 1. The summed E-state index contributed by atoms with van der Waals surface area (Å²) in [7, 11) is 0. The Balaban J connectivity index is 2.29. The Morgan fingerprint density at radius 1 is 1.17 bits per heavy atom. The molecule has 0 aliphatic carbocycles. The number of hydrogen-bond acceptors (Lipinski definition) is 2. The molecule has 18 heavy (non-hydrogen) atoms. The standard InChI is InChI=1S/C15H23NO2/c1-11(2)13-5-7-14(8-6-13)18-10-9-16-15(17)12(3)4/h5-8,11-12H,9-10H2,1-4H3,(H,16,17). The molecular weight excluding hydrogens is 226 g/mol. The fourth-order valence-corrected chi connectivity index (χ4v) is 1.50. The number of ether oxygens (including phenoxy) is 1. The predicted octanol–water partition coefficient (Wildman–Crippen LogP) is 2.96. The van der Waals surface area contributed by atoms with Gasteiger partial charge in [0.25, 0.3) is 0 Å². The third-order valence-corrected chi connectivity index (χ3v) is 2.74. The third kappa shape index (κ3) is 4.78. The molecule has 0 fully saturated rings. The van der Waals surface area contributed by atoms with Crippen LogP contribution in [0.4, 0.5) is 0 Å². The van der Waals surface area contributed by atoms with E-state index in [0.29, 0.717) is 19.1 Å². The summed E-state index contributed by atoms with van der Waals surface area (Å²) in [6, 6.07) is 8.10. The zero-order valence-corrected chi connectivity index (χ0v) is 11.7. The molecule has 1 rings (SSSR count). The SMILES string of the molecule is CC(C)C(=O)NCCOc1ccc(C(C)C)cc1. The summed E-state index contributed by atoms with van der Waals surface area (Å²) in [6.45, 7) is 9.12. The average Bonchev–Trinajstić information content (AvgIpc) is 2.34. The maximum absolute atomic E-state index is 11.3. The van der Waals surface area contributed by atoms with Crippen LogP contribution < -0.4 is 10.1 Å². The topological polar surface area (TPSA) is 38.3 Å². The predicted molar refractivity (Wildman–Crippen MR) is 73.9 cm³/mol. The molecule has 1 aromatic carbocycles. The second-order valence-electron chi connectivity index (χ2n) is 5.02. The van der Waals surface area contributed by atoms with Crippen LogP contribution in [0.5, 0.6) is 5.75 Å². The van der Waals surface area contributed by atoms with Gasteiger partial charge in [0.15, 0.2) is 0 Å². The van der Waals surface area contributed by atoms with Crippen molar-refractivity contribution in [2.75, 3.05) is 13.2 Å². The number of hydrogen-bond donors (Lipinski definition) is 1. The van der Waals surface area contributed by atoms with Crippen molar-refractivity contribution in [1.82, 2.24) is 5.32 Å². The molecule has 3 nitrogen and oxygen atoms in total. The van der Waals surface area contributed by atoms with E-state index >= 15 is 0 Å². The van der Waals surface area contributed by atoms with Gasteiger partial charge >= 0.3 is 0 Å². The normalized spacial score (nSPS) is 10.8. The van der Waals surface area contributed by atoms with E-state index < -0.39 is 0 Å². The van der Waals surface area contributed by atoms with E-state index in [0.717, 1.165) is 5.75 Å². The quantitative estimate of drug-likeness (QED) is 0.787. The first-order valence-corrected chi connectivity index (χ1v) is 6.51. The van der Waals surface area contributed by atoms with Gasteiger partial charge in [-0.3, -0.25) is 4.79 Å². The van der Waals surface area contributed by atoms with Crippen LogP contribution in [0.1, 0.15) is 39.2 Å². The molecule has 0 aromatic heterocycles. The number of benzene rings is 1. The first-order valence-electron chi connectivity index (χ1n) is 6.51. The average molecular weight is 249 g/mol. The Hall–Kier alpha value is -1.51. The van der Waals surface area contributed by atoms with Crippen molar-refractivity contribution in [3.05, 3.63) is 29.8 Å². The molecule has 0 atom stereocenters. The molecule has 0 bridgehead atoms. The second-order valence-corrected chi connectivity index (χ2v) is 5.02. The molecule has 0 saturated carbocycles. The summed E-state index contributed by atoms with van der Waals surface area (Å²) in [5.74, 6) is 1.46. The summed E-state index contributed by atoms with van der Waals surface area (Å²) >= 11 is 0. The summed E-state index contributed by atoms with van der Waals surface area (Å²) in [4.78, 5) is 11.3. The Bertz CT molecular complexity index is 369. The minimum Gasteiger partial charge on any atom is -0.492 e. The summed E-state index contributed by atoms with van der Waals surface area (Å²) in [5.41, 5.74) is 1.30. The van der Waals surface area contributed by atoms with E-state index in [4.69, 9.17) is 4.74 Å². The molecule has 0 aliphatic rings. The third-order valence-electron chi connectivity index (χ3n) is 2.74. The van der Waals surface area contributed by atoms with E-state index in [1.165, 1.54) is 5.56 Å². The van der Waals surface area contributed by atoms with Gasteiger partial charge in [0.05, 0.1) is 6.54 Å². The molecule has 0 saturated heterocycles. The van der Waals surface area contributed by atoms with Crippen molar-refractivity contribution in [3.8, 4) is 5.75 Å². The Kier molecular flexibility index (Phi) is 5.69. The highest BCUT2D eigenvalue weighted by atomic mass is 16.5. The lowest BCUT2D eigenvalue weighted by molar-refractivity contribution is -0.124. The van der Waals surface area contributed by atoms with Gasteiger partial charge in [-0.25, -0.2) is 0 Å². The van der Waals surface area contributed by atoms with Gasteiger partial charge in [0, 0.05) is 5.92 Å². The van der Waals surface area contributed by atoms with Crippen LogP contribution in [0.15, 0.2) is 24.3 Å². The van der Waals surface area contributed by atoms with Crippen LogP contribution in [0.25, 0.3) is 0 Å². The van der Waals surface area contributed by atoms with Gasteiger partial charge in [-0.05, 0) is 23.6 Å². The number of carbonyl (C=O) groups excluding carboxylic acids is 1. The van der Waals surface area contributed by atoms with Crippen molar-refractivity contribution >= 4 is 5.91 Å². The minimum absolute atomic E-state index is 0.0234. The van der Waals surface area contributed by atoms with E-state index in [1.807, 2.05) is 26.0 Å². The minimum atomic E-state index is 0.0234. The Labute approximate surface area is 110 Å². The highest BCUT2D eigenvalue weighted by Gasteiger charge is 2.05. The zero-order chi connectivity index (χ0) is 13.5. The van der Waals surface area contributed by atoms with Crippen molar-refractivity contribution in [3.63, 3.8) is 0 Å². The smallest absolute Gasteiger partial charge is 0.222 e. The monoisotopic (exact) mass is 249 g/mol. The maximum Gasteiger partial charge on any atom is 0.222 e. The number of nitrogens with one attached hydrogen (secondary N) is 1. The van der Waals surface area contributed by atoms with Crippen LogP contribution >= 0.6 is 0 Å². The molecule has 1 N–H and O–H groups in total. The first kappa shape index (κ1) is 14.6. The lowest BCUT2D eigenvalue weighted by Crippen LogP contribution is -2.31. The van der Waals surface area contributed by atoms with E-state index in [-0.39, 0.29) is 11.8 Å². The van der Waals surface area contributed by atoms with Gasteiger partial charge in [0.1, 0.15) is 12.4 Å². The second kappa shape index (κ2) is 7.04. The summed E-state index contributed by atoms with van der Waals surface area (Å²) < 4.78 is 5.56. The fraction of sp³-hybridized carbons (Fsp3) is 0.533. The van der Waals surface area contributed by atoms with Gasteiger partial charge in [0.2, 0.25) is 5.91 Å². The maximum atomic E-state index is 11.3. The van der Waals surface area contributed by atoms with Crippen LogP contribution in [0, 0.1) is 5.92 Å². The number of amides is 1. The van der Waals surface area contributed by atoms with E-state index in [9.17, 15) is 4.79 Å². The molecule has 0 unspecified atom stereocenters. The Morgan fingerprint density at radius 3 is 2.28 bits per heavy atom. The lowest BCUT2D eigenvalue weighted by Gasteiger charge is -2.10.